The van der Waals surface area contributed by atoms with Crippen molar-refractivity contribution >= 4 is 5.91 Å². The molecule has 0 aromatic carbocycles. The molecule has 1 saturated heterocycles. The van der Waals surface area contributed by atoms with Gasteiger partial charge in [-0.3, -0.25) is 4.79 Å². The lowest BCUT2D eigenvalue weighted by molar-refractivity contribution is -0.148. The molecule has 98 valence electrons. The second kappa shape index (κ2) is 6.36. The minimum absolute atomic E-state index is 0.249. The van der Waals surface area contributed by atoms with Gasteiger partial charge in [0.25, 0.3) is 0 Å². The van der Waals surface area contributed by atoms with Crippen LogP contribution < -0.4 is 5.32 Å². The van der Waals surface area contributed by atoms with Crippen LogP contribution in [0.3, 0.4) is 0 Å². The second-order valence-electron chi connectivity index (χ2n) is 5.02. The number of nitrogens with zero attached hydrogens (tertiary/aromatic N) is 1. The van der Waals surface area contributed by atoms with Crippen LogP contribution in [0.5, 0.6) is 0 Å². The van der Waals surface area contributed by atoms with Gasteiger partial charge in [0.05, 0.1) is 25.3 Å². The molecule has 0 aromatic rings. The largest absolute Gasteiger partial charge is 0.374 e. The molecule has 0 spiro atoms. The SMILES string of the molecule is CCCNCC(=O)N1CCOC2CCCCC21. The molecule has 1 aliphatic heterocycles. The Morgan fingerprint density at radius 2 is 2.24 bits per heavy atom. The number of fused-ring (bicyclic) bond motifs is 1. The molecule has 0 bridgehead atoms. The van der Waals surface area contributed by atoms with Crippen LogP contribution in [0.1, 0.15) is 39.0 Å². The molecule has 1 aliphatic carbocycles. The first-order valence-corrected chi connectivity index (χ1v) is 6.94. The smallest absolute Gasteiger partial charge is 0.236 e. The Kier molecular flexibility index (Phi) is 4.80. The van der Waals surface area contributed by atoms with Crippen molar-refractivity contribution < 1.29 is 9.53 Å². The van der Waals surface area contributed by atoms with Crippen molar-refractivity contribution in [2.45, 2.75) is 51.2 Å². The normalized spacial score (nSPS) is 28.9. The van der Waals surface area contributed by atoms with Crippen molar-refractivity contribution in [2.75, 3.05) is 26.2 Å². The Balaban J connectivity index is 1.87. The molecule has 2 atom stereocenters. The molecule has 1 N–H and O–H groups in total. The number of carbonyl (C=O) groups excluding carboxylic acids is 1. The summed E-state index contributed by atoms with van der Waals surface area (Å²) in [5, 5.41) is 3.20. The van der Waals surface area contributed by atoms with E-state index in [1.807, 2.05) is 0 Å². The maximum atomic E-state index is 12.1. The summed E-state index contributed by atoms with van der Waals surface area (Å²) >= 11 is 0. The van der Waals surface area contributed by atoms with Crippen LogP contribution in [0.4, 0.5) is 0 Å². The van der Waals surface area contributed by atoms with Crippen LogP contribution in [0.25, 0.3) is 0 Å². The number of ether oxygens (including phenoxy) is 1. The first-order chi connectivity index (χ1) is 8.33. The van der Waals surface area contributed by atoms with Crippen LogP contribution in [0.2, 0.25) is 0 Å². The molecular weight excluding hydrogens is 216 g/mol. The summed E-state index contributed by atoms with van der Waals surface area (Å²) in [5.74, 6) is 0.249. The quantitative estimate of drug-likeness (QED) is 0.750. The van der Waals surface area contributed by atoms with Crippen LogP contribution in [0, 0.1) is 0 Å². The summed E-state index contributed by atoms with van der Waals surface area (Å²) in [6.45, 7) is 5.00. The third-order valence-electron chi connectivity index (χ3n) is 3.76. The third-order valence-corrected chi connectivity index (χ3v) is 3.76. The Bertz CT molecular complexity index is 256. The lowest BCUT2D eigenvalue weighted by atomic mass is 9.90. The molecule has 2 rings (SSSR count). The number of nitrogens with one attached hydrogen (secondary N) is 1. The van der Waals surface area contributed by atoms with Gasteiger partial charge in [0.2, 0.25) is 5.91 Å². The molecule has 0 radical (unpaired) electrons. The van der Waals surface area contributed by atoms with Gasteiger partial charge in [0, 0.05) is 6.54 Å². The van der Waals surface area contributed by atoms with Crippen LogP contribution in [0.15, 0.2) is 0 Å². The van der Waals surface area contributed by atoms with Gasteiger partial charge in [-0.05, 0) is 25.8 Å². The van der Waals surface area contributed by atoms with E-state index in [9.17, 15) is 4.79 Å². The maximum absolute atomic E-state index is 12.1. The highest BCUT2D eigenvalue weighted by Gasteiger charge is 2.36. The van der Waals surface area contributed by atoms with Gasteiger partial charge in [-0.25, -0.2) is 0 Å². The molecular formula is C13H24N2O2. The summed E-state index contributed by atoms with van der Waals surface area (Å²) < 4.78 is 5.77. The van der Waals surface area contributed by atoms with E-state index in [0.717, 1.165) is 32.4 Å². The van der Waals surface area contributed by atoms with Gasteiger partial charge in [-0.1, -0.05) is 19.8 Å². The van der Waals surface area contributed by atoms with Gasteiger partial charge in [-0.2, -0.15) is 0 Å². The zero-order valence-electron chi connectivity index (χ0n) is 10.8. The fraction of sp³-hybridized carbons (Fsp3) is 0.923. The molecule has 4 heteroatoms. The number of morpholine rings is 1. The summed E-state index contributed by atoms with van der Waals surface area (Å²) in [6, 6.07) is 0.341. The lowest BCUT2D eigenvalue weighted by Gasteiger charge is -2.43. The van der Waals surface area contributed by atoms with Crippen LogP contribution in [-0.4, -0.2) is 49.2 Å². The molecule has 1 heterocycles. The second-order valence-corrected chi connectivity index (χ2v) is 5.02. The van der Waals surface area contributed by atoms with Crippen LogP contribution in [-0.2, 0) is 9.53 Å². The van der Waals surface area contributed by atoms with Crippen molar-refractivity contribution in [3.05, 3.63) is 0 Å². The Morgan fingerprint density at radius 1 is 1.41 bits per heavy atom. The van der Waals surface area contributed by atoms with E-state index < -0.39 is 0 Å². The zero-order valence-corrected chi connectivity index (χ0v) is 10.8. The van der Waals surface area contributed by atoms with E-state index >= 15 is 0 Å². The highest BCUT2D eigenvalue weighted by Crippen LogP contribution is 2.28. The van der Waals surface area contributed by atoms with Crippen molar-refractivity contribution in [1.29, 1.82) is 0 Å². The molecule has 1 amide bonds. The predicted molar refractivity (Wildman–Crippen MR) is 66.9 cm³/mol. The Morgan fingerprint density at radius 3 is 3.06 bits per heavy atom. The molecule has 17 heavy (non-hydrogen) atoms. The van der Waals surface area contributed by atoms with Gasteiger partial charge < -0.3 is 15.0 Å². The highest BCUT2D eigenvalue weighted by molar-refractivity contribution is 5.78. The van der Waals surface area contributed by atoms with Gasteiger partial charge in [0.1, 0.15) is 0 Å². The van der Waals surface area contributed by atoms with E-state index in [2.05, 4.69) is 17.1 Å². The predicted octanol–water partition coefficient (Wildman–Crippen LogP) is 1.16. The Labute approximate surface area is 104 Å². The standard InChI is InChI=1S/C13H24N2O2/c1-2-7-14-10-13(16)15-8-9-17-12-6-4-3-5-11(12)15/h11-12,14H,2-10H2,1H3. The number of carbonyl (C=O) groups is 1. The molecule has 2 aliphatic rings. The maximum Gasteiger partial charge on any atom is 0.236 e. The zero-order chi connectivity index (χ0) is 12.1. The summed E-state index contributed by atoms with van der Waals surface area (Å²) in [7, 11) is 0. The van der Waals surface area contributed by atoms with E-state index in [1.54, 1.807) is 0 Å². The average Bonchev–Trinajstić information content (AvgIpc) is 2.38. The molecule has 4 nitrogen and oxygen atoms in total. The molecule has 0 aromatic heterocycles. The third kappa shape index (κ3) is 3.19. The van der Waals surface area contributed by atoms with E-state index in [-0.39, 0.29) is 5.91 Å². The van der Waals surface area contributed by atoms with Gasteiger partial charge >= 0.3 is 0 Å². The molecule has 1 saturated carbocycles. The Hall–Kier alpha value is -0.610. The fourth-order valence-corrected chi connectivity index (χ4v) is 2.88. The number of hydrogen-bond acceptors (Lipinski definition) is 3. The van der Waals surface area contributed by atoms with Crippen molar-refractivity contribution in [2.24, 2.45) is 0 Å². The monoisotopic (exact) mass is 240 g/mol. The highest BCUT2D eigenvalue weighted by atomic mass is 16.5. The lowest BCUT2D eigenvalue weighted by Crippen LogP contribution is -2.56. The van der Waals surface area contributed by atoms with Gasteiger partial charge in [-0.15, -0.1) is 0 Å². The van der Waals surface area contributed by atoms with Crippen LogP contribution >= 0.6 is 0 Å². The first kappa shape index (κ1) is 12.8. The summed E-state index contributed by atoms with van der Waals surface area (Å²) in [4.78, 5) is 14.2. The number of rotatable bonds is 4. The van der Waals surface area contributed by atoms with E-state index in [0.29, 0.717) is 25.3 Å². The molecule has 2 unspecified atom stereocenters. The van der Waals surface area contributed by atoms with Crippen molar-refractivity contribution in [3.8, 4) is 0 Å². The minimum Gasteiger partial charge on any atom is -0.374 e. The molecule has 2 fully saturated rings. The minimum atomic E-state index is 0.249. The van der Waals surface area contributed by atoms with Gasteiger partial charge in [0.15, 0.2) is 0 Å². The van der Waals surface area contributed by atoms with Crippen molar-refractivity contribution in [1.82, 2.24) is 10.2 Å². The van der Waals surface area contributed by atoms with E-state index in [1.165, 1.54) is 12.8 Å². The average molecular weight is 240 g/mol. The number of hydrogen-bond donors (Lipinski definition) is 1. The number of amides is 1. The summed E-state index contributed by atoms with van der Waals surface area (Å²) in [6.07, 6.45) is 6.09. The summed E-state index contributed by atoms with van der Waals surface area (Å²) in [5.41, 5.74) is 0. The van der Waals surface area contributed by atoms with Crippen molar-refractivity contribution in [3.63, 3.8) is 0 Å². The first-order valence-electron chi connectivity index (χ1n) is 6.94. The fourth-order valence-electron chi connectivity index (χ4n) is 2.88. The topological polar surface area (TPSA) is 41.6 Å². The van der Waals surface area contributed by atoms with E-state index in [4.69, 9.17) is 4.74 Å².